The maximum absolute atomic E-state index is 13.5. The van der Waals surface area contributed by atoms with Gasteiger partial charge in [-0.3, -0.25) is 4.79 Å². The number of ketones is 1. The van der Waals surface area contributed by atoms with Gasteiger partial charge in [0.15, 0.2) is 4.75 Å². The maximum atomic E-state index is 13.5. The van der Waals surface area contributed by atoms with E-state index < -0.39 is 32.2 Å². The highest BCUT2D eigenvalue weighted by Gasteiger charge is 2.54. The van der Waals surface area contributed by atoms with Gasteiger partial charge in [-0.05, 0) is 36.2 Å². The zero-order chi connectivity index (χ0) is 20.6. The summed E-state index contributed by atoms with van der Waals surface area (Å²) in [6, 6.07) is 12.8. The van der Waals surface area contributed by atoms with Gasteiger partial charge in [-0.15, -0.1) is 0 Å². The van der Waals surface area contributed by atoms with E-state index in [2.05, 4.69) is 0 Å². The second-order valence-electron chi connectivity index (χ2n) is 6.72. The van der Waals surface area contributed by atoms with E-state index in [0.29, 0.717) is 12.1 Å². The van der Waals surface area contributed by atoms with Crippen LogP contribution in [-0.4, -0.2) is 14.2 Å². The number of carbonyl (C=O) groups excluding carboxylic acids is 1. The zero-order valence-electron chi connectivity index (χ0n) is 14.6. The third kappa shape index (κ3) is 3.20. The smallest absolute Gasteiger partial charge is 0.300 e. The summed E-state index contributed by atoms with van der Waals surface area (Å²) in [6.45, 7) is 0. The quantitative estimate of drug-likeness (QED) is 0.759. The van der Waals surface area contributed by atoms with Crippen molar-refractivity contribution in [2.45, 2.75) is 35.1 Å². The van der Waals surface area contributed by atoms with E-state index in [1.165, 1.54) is 12.1 Å². The Morgan fingerprint density at radius 1 is 0.964 bits per heavy atom. The van der Waals surface area contributed by atoms with Crippen LogP contribution in [0.1, 0.15) is 30.4 Å². The van der Waals surface area contributed by atoms with Crippen LogP contribution >= 0.6 is 0 Å². The van der Waals surface area contributed by atoms with Crippen molar-refractivity contribution < 1.29 is 26.4 Å². The Balaban J connectivity index is 2.20. The first-order valence-electron chi connectivity index (χ1n) is 8.53. The summed E-state index contributed by atoms with van der Waals surface area (Å²) in [5, 5.41) is 10.0. The van der Waals surface area contributed by atoms with Crippen LogP contribution in [0, 0.1) is 17.2 Å². The first kappa shape index (κ1) is 20.1. The fourth-order valence-corrected chi connectivity index (χ4v) is 5.75. The summed E-state index contributed by atoms with van der Waals surface area (Å²) in [7, 11) is -4.42. The van der Waals surface area contributed by atoms with Crippen LogP contribution in [0.3, 0.4) is 0 Å². The number of nitrogens with zero attached hydrogens (tertiary/aromatic N) is 1. The van der Waals surface area contributed by atoms with Crippen molar-refractivity contribution in [2.24, 2.45) is 5.92 Å². The number of hydrogen-bond donors (Lipinski definition) is 0. The second kappa shape index (κ2) is 7.06. The van der Waals surface area contributed by atoms with Crippen molar-refractivity contribution in [3.63, 3.8) is 0 Å². The zero-order valence-corrected chi connectivity index (χ0v) is 15.4. The van der Waals surface area contributed by atoms with Crippen LogP contribution in [0.4, 0.5) is 13.2 Å². The molecular formula is C20H16F3NO3S. The molecule has 0 heterocycles. The van der Waals surface area contributed by atoms with Gasteiger partial charge in [0.2, 0.25) is 9.84 Å². The van der Waals surface area contributed by atoms with Gasteiger partial charge in [-0.2, -0.15) is 18.4 Å². The van der Waals surface area contributed by atoms with E-state index in [0.717, 1.165) is 12.1 Å². The number of Topliss-reactive ketones (excluding diaryl/α,β-unsaturated/α-hetero) is 1. The summed E-state index contributed by atoms with van der Waals surface area (Å²) >= 11 is 0. The van der Waals surface area contributed by atoms with Gasteiger partial charge in [0.05, 0.1) is 16.5 Å². The minimum Gasteiger partial charge on any atom is -0.300 e. The van der Waals surface area contributed by atoms with Crippen molar-refractivity contribution in [2.75, 3.05) is 0 Å². The molecule has 146 valence electrons. The van der Waals surface area contributed by atoms with Crippen LogP contribution in [0.2, 0.25) is 0 Å². The van der Waals surface area contributed by atoms with E-state index in [1.54, 1.807) is 18.2 Å². The van der Waals surface area contributed by atoms with Crippen LogP contribution in [0.25, 0.3) is 0 Å². The molecule has 1 saturated carbocycles. The number of benzene rings is 2. The van der Waals surface area contributed by atoms with E-state index in [9.17, 15) is 31.6 Å². The molecule has 3 rings (SSSR count). The first-order valence-corrected chi connectivity index (χ1v) is 10.0. The molecule has 0 amide bonds. The summed E-state index contributed by atoms with van der Waals surface area (Å²) in [6.07, 6.45) is -4.28. The predicted octanol–water partition coefficient (Wildman–Crippen LogP) is 4.27. The molecule has 0 unspecified atom stereocenters. The molecule has 2 aromatic carbocycles. The lowest BCUT2D eigenvalue weighted by Crippen LogP contribution is -2.41. The summed E-state index contributed by atoms with van der Waals surface area (Å²) < 4.78 is 63.5. The molecule has 0 N–H and O–H groups in total. The third-order valence-corrected chi connectivity index (χ3v) is 7.51. The van der Waals surface area contributed by atoms with Crippen molar-refractivity contribution >= 4 is 15.6 Å². The third-order valence-electron chi connectivity index (χ3n) is 5.11. The summed E-state index contributed by atoms with van der Waals surface area (Å²) in [4.78, 5) is 11.5. The lowest BCUT2D eigenvalue weighted by atomic mass is 9.85. The van der Waals surface area contributed by atoms with Gasteiger partial charge >= 0.3 is 6.18 Å². The summed E-state index contributed by atoms with van der Waals surface area (Å²) in [5.74, 6) is -0.914. The van der Waals surface area contributed by atoms with Gasteiger partial charge in [-0.1, -0.05) is 30.3 Å². The predicted molar refractivity (Wildman–Crippen MR) is 94.7 cm³/mol. The van der Waals surface area contributed by atoms with Crippen molar-refractivity contribution in [1.29, 1.82) is 5.26 Å². The van der Waals surface area contributed by atoms with Crippen LogP contribution in [-0.2, 0) is 25.6 Å². The highest BCUT2D eigenvalue weighted by Crippen LogP contribution is 2.47. The monoisotopic (exact) mass is 407 g/mol. The van der Waals surface area contributed by atoms with Gasteiger partial charge in [-0.25, -0.2) is 8.42 Å². The second-order valence-corrected chi connectivity index (χ2v) is 8.84. The molecule has 1 fully saturated rings. The van der Waals surface area contributed by atoms with Gasteiger partial charge in [0.1, 0.15) is 5.78 Å². The fraction of sp³-hybridized carbons (Fsp3) is 0.300. The average molecular weight is 407 g/mol. The Bertz CT molecular complexity index is 1030. The molecule has 2 atom stereocenters. The molecule has 0 saturated heterocycles. The normalized spacial score (nSPS) is 19.8. The van der Waals surface area contributed by atoms with Crippen LogP contribution < -0.4 is 0 Å². The van der Waals surface area contributed by atoms with Crippen molar-refractivity contribution in [1.82, 2.24) is 0 Å². The highest BCUT2D eigenvalue weighted by molar-refractivity contribution is 7.92. The number of nitriles is 1. The van der Waals surface area contributed by atoms with Crippen molar-refractivity contribution in [3.05, 3.63) is 65.7 Å². The summed E-state index contributed by atoms with van der Waals surface area (Å²) in [5.41, 5.74) is -0.776. The Hall–Kier alpha value is -2.66. The van der Waals surface area contributed by atoms with Crippen LogP contribution in [0.15, 0.2) is 59.5 Å². The molecule has 4 nitrogen and oxygen atoms in total. The van der Waals surface area contributed by atoms with E-state index in [-0.39, 0.29) is 35.5 Å². The molecule has 0 radical (unpaired) electrons. The molecule has 2 aromatic rings. The Kier molecular flexibility index (Phi) is 5.06. The lowest BCUT2D eigenvalue weighted by molar-refractivity contribution is -0.137. The minimum atomic E-state index is -4.61. The molecular weight excluding hydrogens is 391 g/mol. The topological polar surface area (TPSA) is 75.0 Å². The van der Waals surface area contributed by atoms with Crippen molar-refractivity contribution in [3.8, 4) is 6.07 Å². The maximum Gasteiger partial charge on any atom is 0.416 e. The highest BCUT2D eigenvalue weighted by atomic mass is 32.2. The number of halogens is 3. The molecule has 0 aliphatic heterocycles. The number of sulfone groups is 1. The number of carbonyl (C=O) groups is 1. The molecule has 0 aromatic heterocycles. The van der Waals surface area contributed by atoms with Gasteiger partial charge in [0.25, 0.3) is 0 Å². The van der Waals surface area contributed by atoms with E-state index in [4.69, 9.17) is 0 Å². The molecule has 8 heteroatoms. The number of hydrogen-bond acceptors (Lipinski definition) is 4. The lowest BCUT2D eigenvalue weighted by Gasteiger charge is -2.32. The largest absolute Gasteiger partial charge is 0.416 e. The SMILES string of the molecule is N#C[C@@](c1ccccc1)([C@H]1CCC(=O)C1)S(=O)(=O)c1ccc(C(F)(F)F)cc1. The first-order chi connectivity index (χ1) is 13.1. The number of alkyl halides is 3. The van der Waals surface area contributed by atoms with Gasteiger partial charge in [0, 0.05) is 18.8 Å². The Labute approximate surface area is 160 Å². The molecule has 1 aliphatic carbocycles. The average Bonchev–Trinajstić information content (AvgIpc) is 3.09. The van der Waals surface area contributed by atoms with Crippen LogP contribution in [0.5, 0.6) is 0 Å². The standard InChI is InChI=1S/C20H16F3NO3S/c21-20(22,23)15-7-10-18(11-8-15)28(26,27)19(13-24,14-4-2-1-3-5-14)16-6-9-17(25)12-16/h1-5,7-8,10-11,16H,6,9,12H2/t16-,19+/m0/s1. The molecule has 0 bridgehead atoms. The Morgan fingerprint density at radius 2 is 1.57 bits per heavy atom. The number of rotatable bonds is 4. The van der Waals surface area contributed by atoms with E-state index >= 15 is 0 Å². The fourth-order valence-electron chi connectivity index (χ4n) is 3.68. The molecule has 0 spiro atoms. The van der Waals surface area contributed by atoms with E-state index in [1.807, 2.05) is 6.07 Å². The van der Waals surface area contributed by atoms with Gasteiger partial charge < -0.3 is 0 Å². The molecule has 28 heavy (non-hydrogen) atoms. The minimum absolute atomic E-state index is 0.0671. The molecule has 1 aliphatic rings. The Morgan fingerprint density at radius 3 is 2.04 bits per heavy atom.